The van der Waals surface area contributed by atoms with Crippen molar-refractivity contribution in [2.45, 2.75) is 20.3 Å². The number of para-hydroxylation sites is 1. The summed E-state index contributed by atoms with van der Waals surface area (Å²) in [6.45, 7) is 6.31. The smallest absolute Gasteiger partial charge is 0.268 e. The lowest BCUT2D eigenvalue weighted by Gasteiger charge is -2.37. The minimum Gasteiger partial charge on any atom is -0.380 e. The highest BCUT2D eigenvalue weighted by Gasteiger charge is 2.33. The molecule has 4 heteroatoms. The Kier molecular flexibility index (Phi) is 3.26. The summed E-state index contributed by atoms with van der Waals surface area (Å²) in [6.07, 6.45) is 0.840. The number of aromatic nitrogens is 1. The molecule has 2 heterocycles. The largest absolute Gasteiger partial charge is 0.380 e. The Bertz CT molecular complexity index is 641. The molecule has 0 unspecified atom stereocenters. The van der Waals surface area contributed by atoms with Gasteiger partial charge in [0.15, 0.2) is 0 Å². The van der Waals surface area contributed by atoms with Crippen molar-refractivity contribution in [3.63, 3.8) is 0 Å². The van der Waals surface area contributed by atoms with Gasteiger partial charge in [-0.1, -0.05) is 32.0 Å². The summed E-state index contributed by atoms with van der Waals surface area (Å²) in [5.41, 5.74) is 2.90. The minimum atomic E-state index is -0.0221. The van der Waals surface area contributed by atoms with Gasteiger partial charge in [-0.3, -0.25) is 4.79 Å². The highest BCUT2D eigenvalue weighted by atomic mass is 16.5. The second-order valence-electron chi connectivity index (χ2n) is 5.86. The summed E-state index contributed by atoms with van der Waals surface area (Å²) >= 11 is 0. The number of ether oxygens (including phenoxy) is 1. The molecule has 0 saturated carbocycles. The van der Waals surface area contributed by atoms with Gasteiger partial charge in [-0.05, 0) is 18.1 Å². The van der Waals surface area contributed by atoms with Crippen LogP contribution in [0.4, 0.5) is 0 Å². The van der Waals surface area contributed by atoms with Gasteiger partial charge in [0, 0.05) is 22.9 Å². The lowest BCUT2D eigenvalue weighted by Crippen LogP contribution is -2.48. The van der Waals surface area contributed by atoms with Gasteiger partial charge < -0.3 is 15.0 Å². The van der Waals surface area contributed by atoms with Gasteiger partial charge in [-0.15, -0.1) is 0 Å². The first kappa shape index (κ1) is 13.2. The van der Waals surface area contributed by atoms with Crippen LogP contribution in [0, 0.1) is 5.41 Å². The van der Waals surface area contributed by atoms with Crippen molar-refractivity contribution in [1.29, 1.82) is 0 Å². The zero-order valence-electron chi connectivity index (χ0n) is 12.0. The van der Waals surface area contributed by atoms with Crippen LogP contribution in [0.1, 0.15) is 29.9 Å². The number of aryl methyl sites for hydroxylation is 1. The van der Waals surface area contributed by atoms with Crippen molar-refractivity contribution in [3.8, 4) is 0 Å². The fourth-order valence-electron chi connectivity index (χ4n) is 2.70. The summed E-state index contributed by atoms with van der Waals surface area (Å²) in [7, 11) is 0. The van der Waals surface area contributed by atoms with E-state index in [1.807, 2.05) is 18.2 Å². The van der Waals surface area contributed by atoms with Crippen molar-refractivity contribution in [1.82, 2.24) is 10.3 Å². The first-order valence-electron chi connectivity index (χ1n) is 7.08. The number of carbonyl (C=O) groups is 1. The molecule has 2 aromatic rings. The van der Waals surface area contributed by atoms with E-state index in [0.717, 1.165) is 36.1 Å². The third-order valence-electron chi connectivity index (χ3n) is 3.97. The second-order valence-corrected chi connectivity index (χ2v) is 5.86. The number of carbonyl (C=O) groups excluding carboxylic acids is 1. The minimum absolute atomic E-state index is 0.0221. The monoisotopic (exact) mass is 272 g/mol. The molecule has 0 bridgehead atoms. The van der Waals surface area contributed by atoms with E-state index in [1.54, 1.807) is 0 Å². The third kappa shape index (κ3) is 2.20. The van der Waals surface area contributed by atoms with Gasteiger partial charge in [-0.25, -0.2) is 0 Å². The van der Waals surface area contributed by atoms with Crippen molar-refractivity contribution in [3.05, 3.63) is 35.5 Å². The van der Waals surface area contributed by atoms with Crippen molar-refractivity contribution >= 4 is 16.8 Å². The fourth-order valence-corrected chi connectivity index (χ4v) is 2.70. The molecule has 3 rings (SSSR count). The molecule has 4 nitrogen and oxygen atoms in total. The number of fused-ring (bicyclic) bond motifs is 1. The number of aromatic amines is 1. The lowest BCUT2D eigenvalue weighted by molar-refractivity contribution is -0.0978. The summed E-state index contributed by atoms with van der Waals surface area (Å²) in [4.78, 5) is 15.6. The Morgan fingerprint density at radius 1 is 1.40 bits per heavy atom. The lowest BCUT2D eigenvalue weighted by atomic mass is 9.89. The molecule has 1 aromatic carbocycles. The van der Waals surface area contributed by atoms with E-state index in [9.17, 15) is 4.79 Å². The maximum atomic E-state index is 12.4. The average Bonchev–Trinajstić information content (AvgIpc) is 2.81. The molecule has 20 heavy (non-hydrogen) atoms. The number of hydrogen-bond acceptors (Lipinski definition) is 2. The summed E-state index contributed by atoms with van der Waals surface area (Å²) in [5.74, 6) is -0.0221. The van der Waals surface area contributed by atoms with E-state index in [1.165, 1.54) is 0 Å². The normalized spacial score (nSPS) is 16.9. The van der Waals surface area contributed by atoms with Crippen LogP contribution in [-0.4, -0.2) is 30.6 Å². The number of hydrogen-bond donors (Lipinski definition) is 2. The topological polar surface area (TPSA) is 54.1 Å². The Morgan fingerprint density at radius 2 is 2.15 bits per heavy atom. The Morgan fingerprint density at radius 3 is 2.80 bits per heavy atom. The molecule has 2 N–H and O–H groups in total. The van der Waals surface area contributed by atoms with E-state index >= 15 is 0 Å². The third-order valence-corrected chi connectivity index (χ3v) is 3.97. The SMILES string of the molecule is CCc1c(C(=O)NCC2(C)COC2)[nH]c2ccccc12. The first-order chi connectivity index (χ1) is 9.63. The zero-order chi connectivity index (χ0) is 14.2. The number of amides is 1. The van der Waals surface area contributed by atoms with Crippen molar-refractivity contribution < 1.29 is 9.53 Å². The van der Waals surface area contributed by atoms with E-state index in [0.29, 0.717) is 12.2 Å². The molecule has 0 aliphatic carbocycles. The van der Waals surface area contributed by atoms with Crippen LogP contribution in [-0.2, 0) is 11.2 Å². The van der Waals surface area contributed by atoms with Gasteiger partial charge in [0.05, 0.1) is 13.2 Å². The molecular weight excluding hydrogens is 252 g/mol. The molecule has 1 saturated heterocycles. The van der Waals surface area contributed by atoms with Crippen LogP contribution in [0.25, 0.3) is 10.9 Å². The van der Waals surface area contributed by atoms with Gasteiger partial charge in [-0.2, -0.15) is 0 Å². The standard InChI is InChI=1S/C16H20N2O2/c1-3-11-12-6-4-5-7-13(12)18-14(11)15(19)17-8-16(2)9-20-10-16/h4-7,18H,3,8-10H2,1-2H3,(H,17,19). The quantitative estimate of drug-likeness (QED) is 0.898. The molecule has 1 fully saturated rings. The maximum Gasteiger partial charge on any atom is 0.268 e. The van der Waals surface area contributed by atoms with E-state index in [-0.39, 0.29) is 11.3 Å². The van der Waals surface area contributed by atoms with Gasteiger partial charge in [0.1, 0.15) is 5.69 Å². The maximum absolute atomic E-state index is 12.4. The van der Waals surface area contributed by atoms with Crippen LogP contribution in [0.2, 0.25) is 0 Å². The molecular formula is C16H20N2O2. The Labute approximate surface area is 118 Å². The van der Waals surface area contributed by atoms with Crippen LogP contribution >= 0.6 is 0 Å². The molecule has 106 valence electrons. The first-order valence-corrected chi connectivity index (χ1v) is 7.08. The molecule has 0 atom stereocenters. The zero-order valence-corrected chi connectivity index (χ0v) is 12.0. The molecule has 1 aromatic heterocycles. The number of H-pyrrole nitrogens is 1. The average molecular weight is 272 g/mol. The van der Waals surface area contributed by atoms with Crippen LogP contribution < -0.4 is 5.32 Å². The number of nitrogens with one attached hydrogen (secondary N) is 2. The molecule has 0 radical (unpaired) electrons. The van der Waals surface area contributed by atoms with Gasteiger partial charge in [0.25, 0.3) is 5.91 Å². The van der Waals surface area contributed by atoms with E-state index < -0.39 is 0 Å². The summed E-state index contributed by atoms with van der Waals surface area (Å²) < 4.78 is 5.21. The van der Waals surface area contributed by atoms with Gasteiger partial charge in [0.2, 0.25) is 0 Å². The highest BCUT2D eigenvalue weighted by molar-refractivity contribution is 6.01. The van der Waals surface area contributed by atoms with Crippen molar-refractivity contribution in [2.75, 3.05) is 19.8 Å². The van der Waals surface area contributed by atoms with Gasteiger partial charge >= 0.3 is 0 Å². The Balaban J connectivity index is 1.83. The summed E-state index contributed by atoms with van der Waals surface area (Å²) in [6, 6.07) is 8.05. The van der Waals surface area contributed by atoms with Crippen LogP contribution in [0.15, 0.2) is 24.3 Å². The highest BCUT2D eigenvalue weighted by Crippen LogP contribution is 2.26. The number of rotatable bonds is 4. The van der Waals surface area contributed by atoms with Crippen LogP contribution in [0.3, 0.4) is 0 Å². The predicted octanol–water partition coefficient (Wildman–Crippen LogP) is 2.50. The molecule has 1 aliphatic rings. The van der Waals surface area contributed by atoms with Crippen molar-refractivity contribution in [2.24, 2.45) is 5.41 Å². The second kappa shape index (κ2) is 4.94. The van der Waals surface area contributed by atoms with Crippen LogP contribution in [0.5, 0.6) is 0 Å². The molecule has 1 amide bonds. The van der Waals surface area contributed by atoms with E-state index in [2.05, 4.69) is 30.2 Å². The fraction of sp³-hybridized carbons (Fsp3) is 0.438. The molecule has 1 aliphatic heterocycles. The number of benzene rings is 1. The predicted molar refractivity (Wildman–Crippen MR) is 78.9 cm³/mol. The van der Waals surface area contributed by atoms with E-state index in [4.69, 9.17) is 4.74 Å². The summed E-state index contributed by atoms with van der Waals surface area (Å²) in [5, 5.41) is 4.16. The Hall–Kier alpha value is -1.81. The molecule has 0 spiro atoms.